The van der Waals surface area contributed by atoms with Gasteiger partial charge in [-0.05, 0) is 37.0 Å². The van der Waals surface area contributed by atoms with Crippen LogP contribution in [-0.2, 0) is 13.0 Å². The monoisotopic (exact) mass is 278 g/mol. The lowest BCUT2D eigenvalue weighted by Crippen LogP contribution is -2.38. The van der Waals surface area contributed by atoms with Crippen LogP contribution >= 0.6 is 0 Å². The summed E-state index contributed by atoms with van der Waals surface area (Å²) in [6.45, 7) is 7.67. The maximum absolute atomic E-state index is 6.35. The Morgan fingerprint density at radius 3 is 2.90 bits per heavy atom. The van der Waals surface area contributed by atoms with Crippen molar-refractivity contribution < 1.29 is 0 Å². The van der Waals surface area contributed by atoms with E-state index in [9.17, 15) is 0 Å². The molecule has 2 N–H and O–H groups in total. The molecular formula is C16H30N4. The third-order valence-corrected chi connectivity index (χ3v) is 4.53. The standard InChI is InChI=1S/C16H30N4/c1-4-5-13-6-7-15(17)14(8-13)9-16-18-11-19-20(16)10-12(2)3/h11-15H,4-10,17H2,1-3H3. The molecule has 1 heterocycles. The van der Waals surface area contributed by atoms with Gasteiger partial charge in [0.15, 0.2) is 0 Å². The fourth-order valence-corrected chi connectivity index (χ4v) is 3.47. The summed E-state index contributed by atoms with van der Waals surface area (Å²) in [5.74, 6) is 3.17. The molecule has 0 radical (unpaired) electrons. The largest absolute Gasteiger partial charge is 0.327 e. The molecule has 3 atom stereocenters. The SMILES string of the molecule is CCCC1CCC(N)C(Cc2ncnn2CC(C)C)C1. The summed E-state index contributed by atoms with van der Waals surface area (Å²) < 4.78 is 2.07. The van der Waals surface area contributed by atoms with Gasteiger partial charge in [0.05, 0.1) is 0 Å². The second-order valence-corrected chi connectivity index (χ2v) is 6.85. The first-order valence-corrected chi connectivity index (χ1v) is 8.22. The van der Waals surface area contributed by atoms with Gasteiger partial charge in [-0.1, -0.05) is 33.6 Å². The first-order valence-electron chi connectivity index (χ1n) is 8.22. The molecule has 4 heteroatoms. The van der Waals surface area contributed by atoms with Crippen LogP contribution in [0.15, 0.2) is 6.33 Å². The molecule has 2 rings (SSSR count). The van der Waals surface area contributed by atoms with E-state index in [-0.39, 0.29) is 0 Å². The summed E-state index contributed by atoms with van der Waals surface area (Å²) in [4.78, 5) is 4.47. The van der Waals surface area contributed by atoms with Crippen LogP contribution in [0.4, 0.5) is 0 Å². The van der Waals surface area contributed by atoms with Crippen molar-refractivity contribution in [3.05, 3.63) is 12.2 Å². The molecule has 1 aliphatic rings. The zero-order valence-corrected chi connectivity index (χ0v) is 13.3. The molecule has 4 nitrogen and oxygen atoms in total. The number of nitrogens with zero attached hydrogens (tertiary/aromatic N) is 3. The Kier molecular flexibility index (Phi) is 5.58. The van der Waals surface area contributed by atoms with Gasteiger partial charge in [0, 0.05) is 19.0 Å². The van der Waals surface area contributed by atoms with Crippen LogP contribution in [-0.4, -0.2) is 20.8 Å². The van der Waals surface area contributed by atoms with Gasteiger partial charge in [-0.25, -0.2) is 9.67 Å². The van der Waals surface area contributed by atoms with Crippen molar-refractivity contribution in [1.29, 1.82) is 0 Å². The fourth-order valence-electron chi connectivity index (χ4n) is 3.47. The molecule has 1 aliphatic carbocycles. The van der Waals surface area contributed by atoms with Gasteiger partial charge in [0.1, 0.15) is 12.2 Å². The highest BCUT2D eigenvalue weighted by molar-refractivity contribution is 4.93. The van der Waals surface area contributed by atoms with Crippen molar-refractivity contribution in [1.82, 2.24) is 14.8 Å². The van der Waals surface area contributed by atoms with E-state index in [1.54, 1.807) is 6.33 Å². The number of nitrogens with two attached hydrogens (primary N) is 1. The highest BCUT2D eigenvalue weighted by Gasteiger charge is 2.29. The number of aromatic nitrogens is 3. The molecule has 114 valence electrons. The minimum atomic E-state index is 0.340. The van der Waals surface area contributed by atoms with Gasteiger partial charge >= 0.3 is 0 Å². The van der Waals surface area contributed by atoms with Gasteiger partial charge < -0.3 is 5.73 Å². The van der Waals surface area contributed by atoms with Crippen LogP contribution < -0.4 is 5.73 Å². The molecule has 20 heavy (non-hydrogen) atoms. The average molecular weight is 278 g/mol. The Hall–Kier alpha value is -0.900. The van der Waals surface area contributed by atoms with E-state index in [4.69, 9.17) is 5.73 Å². The van der Waals surface area contributed by atoms with E-state index in [1.807, 2.05) is 0 Å². The molecule has 3 unspecified atom stereocenters. The quantitative estimate of drug-likeness (QED) is 0.870. The summed E-state index contributed by atoms with van der Waals surface area (Å²) in [5, 5.41) is 4.37. The molecule has 1 aromatic rings. The number of hydrogen-bond acceptors (Lipinski definition) is 3. The van der Waals surface area contributed by atoms with Crippen molar-refractivity contribution in [2.24, 2.45) is 23.5 Å². The second kappa shape index (κ2) is 7.21. The molecule has 0 saturated heterocycles. The first-order chi connectivity index (χ1) is 9.60. The minimum Gasteiger partial charge on any atom is -0.327 e. The van der Waals surface area contributed by atoms with Crippen LogP contribution in [0.25, 0.3) is 0 Å². The van der Waals surface area contributed by atoms with Crippen molar-refractivity contribution in [3.63, 3.8) is 0 Å². The molecule has 0 bridgehead atoms. The summed E-state index contributed by atoms with van der Waals surface area (Å²) in [6, 6.07) is 0.340. The molecule has 0 amide bonds. The van der Waals surface area contributed by atoms with Crippen molar-refractivity contribution in [2.75, 3.05) is 0 Å². The second-order valence-electron chi connectivity index (χ2n) is 6.85. The van der Waals surface area contributed by atoms with E-state index in [0.29, 0.717) is 17.9 Å². The highest BCUT2D eigenvalue weighted by Crippen LogP contribution is 2.33. The molecule has 1 saturated carbocycles. The lowest BCUT2D eigenvalue weighted by Gasteiger charge is -2.34. The fraction of sp³-hybridized carbons (Fsp3) is 0.875. The van der Waals surface area contributed by atoms with E-state index >= 15 is 0 Å². The Labute approximate surface area is 123 Å². The van der Waals surface area contributed by atoms with Crippen LogP contribution in [0.3, 0.4) is 0 Å². The summed E-state index contributed by atoms with van der Waals surface area (Å²) in [5.41, 5.74) is 6.35. The zero-order chi connectivity index (χ0) is 14.5. The smallest absolute Gasteiger partial charge is 0.138 e. The highest BCUT2D eigenvalue weighted by atomic mass is 15.3. The van der Waals surface area contributed by atoms with E-state index in [2.05, 4.69) is 35.5 Å². The number of rotatable bonds is 6. The predicted molar refractivity (Wildman–Crippen MR) is 82.3 cm³/mol. The third-order valence-electron chi connectivity index (χ3n) is 4.53. The minimum absolute atomic E-state index is 0.340. The molecule has 0 spiro atoms. The molecule has 1 fully saturated rings. The van der Waals surface area contributed by atoms with Crippen LogP contribution in [0.2, 0.25) is 0 Å². The normalized spacial score (nSPS) is 27.1. The van der Waals surface area contributed by atoms with Gasteiger partial charge in [-0.3, -0.25) is 0 Å². The zero-order valence-electron chi connectivity index (χ0n) is 13.3. The van der Waals surface area contributed by atoms with Crippen LogP contribution in [0, 0.1) is 17.8 Å². The van der Waals surface area contributed by atoms with Crippen molar-refractivity contribution >= 4 is 0 Å². The third kappa shape index (κ3) is 4.05. The lowest BCUT2D eigenvalue weighted by atomic mass is 9.75. The van der Waals surface area contributed by atoms with Crippen LogP contribution in [0.1, 0.15) is 58.7 Å². The van der Waals surface area contributed by atoms with Crippen molar-refractivity contribution in [3.8, 4) is 0 Å². The van der Waals surface area contributed by atoms with Gasteiger partial charge in [0.2, 0.25) is 0 Å². The van der Waals surface area contributed by atoms with E-state index < -0.39 is 0 Å². The predicted octanol–water partition coefficient (Wildman–Crippen LogP) is 3.02. The van der Waals surface area contributed by atoms with E-state index in [1.165, 1.54) is 32.1 Å². The van der Waals surface area contributed by atoms with Gasteiger partial charge in [-0.15, -0.1) is 0 Å². The average Bonchev–Trinajstić information content (AvgIpc) is 2.80. The Morgan fingerprint density at radius 1 is 1.40 bits per heavy atom. The summed E-state index contributed by atoms with van der Waals surface area (Å²) in [6.07, 6.45) is 9.07. The molecular weight excluding hydrogens is 248 g/mol. The maximum Gasteiger partial charge on any atom is 0.138 e. The summed E-state index contributed by atoms with van der Waals surface area (Å²) >= 11 is 0. The number of hydrogen-bond donors (Lipinski definition) is 1. The molecule has 0 aromatic carbocycles. The van der Waals surface area contributed by atoms with Gasteiger partial charge in [0.25, 0.3) is 0 Å². The van der Waals surface area contributed by atoms with Gasteiger partial charge in [-0.2, -0.15) is 5.10 Å². The maximum atomic E-state index is 6.35. The Morgan fingerprint density at radius 2 is 2.20 bits per heavy atom. The molecule has 0 aliphatic heterocycles. The Bertz CT molecular complexity index is 399. The molecule has 1 aromatic heterocycles. The van der Waals surface area contributed by atoms with E-state index in [0.717, 1.165) is 24.7 Å². The lowest BCUT2D eigenvalue weighted by molar-refractivity contribution is 0.217. The summed E-state index contributed by atoms with van der Waals surface area (Å²) in [7, 11) is 0. The van der Waals surface area contributed by atoms with Crippen molar-refractivity contribution in [2.45, 2.75) is 71.9 Å². The Balaban J connectivity index is 1.98. The van der Waals surface area contributed by atoms with Crippen LogP contribution in [0.5, 0.6) is 0 Å². The first kappa shape index (κ1) is 15.5. The topological polar surface area (TPSA) is 56.7 Å².